The number of nitrogens with one attached hydrogen (secondary N) is 1. The number of carbonyl (C=O) groups is 2. The van der Waals surface area contributed by atoms with Gasteiger partial charge in [0.25, 0.3) is 5.91 Å². The number of amides is 1. The minimum absolute atomic E-state index is 0.0204. The van der Waals surface area contributed by atoms with Crippen molar-refractivity contribution in [2.24, 2.45) is 0 Å². The molecule has 0 bridgehead atoms. The Balaban J connectivity index is 2.29. The first-order valence-corrected chi connectivity index (χ1v) is 5.55. The Hall–Kier alpha value is -2.36. The third kappa shape index (κ3) is 2.32. The van der Waals surface area contributed by atoms with Crippen LogP contribution in [0.3, 0.4) is 0 Å². The molecule has 2 aromatic rings. The van der Waals surface area contributed by atoms with Crippen LogP contribution in [0.15, 0.2) is 40.8 Å². The number of carbonyl (C=O) groups excluding carboxylic acids is 2. The Kier molecular flexibility index (Phi) is 3.28. The molecule has 92 valence electrons. The van der Waals surface area contributed by atoms with Crippen LogP contribution in [0, 0.1) is 0 Å². The van der Waals surface area contributed by atoms with Crippen molar-refractivity contribution in [2.75, 3.05) is 7.05 Å². The first kappa shape index (κ1) is 12.1. The van der Waals surface area contributed by atoms with Crippen molar-refractivity contribution >= 4 is 11.7 Å². The first-order valence-electron chi connectivity index (χ1n) is 5.55. The van der Waals surface area contributed by atoms with Gasteiger partial charge in [0.05, 0.1) is 0 Å². The second-order valence-electron chi connectivity index (χ2n) is 3.88. The van der Waals surface area contributed by atoms with E-state index in [0.717, 1.165) is 5.56 Å². The molecule has 4 heteroatoms. The molecule has 0 unspecified atom stereocenters. The number of benzene rings is 1. The standard InChI is InChI=1S/C14H13NO3/c1-9(16)10-3-5-11(6-4-10)12-7-8-13(18-12)14(17)15-2/h3-8H,1-2H3,(H,15,17). The van der Waals surface area contributed by atoms with E-state index in [1.165, 1.54) is 6.92 Å². The number of hydrogen-bond acceptors (Lipinski definition) is 3. The number of ketones is 1. The number of hydrogen-bond donors (Lipinski definition) is 1. The van der Waals surface area contributed by atoms with Gasteiger partial charge in [0.15, 0.2) is 11.5 Å². The Morgan fingerprint density at radius 3 is 2.28 bits per heavy atom. The summed E-state index contributed by atoms with van der Waals surface area (Å²) in [5, 5.41) is 2.49. The maximum Gasteiger partial charge on any atom is 0.286 e. The molecule has 4 nitrogen and oxygen atoms in total. The summed E-state index contributed by atoms with van der Waals surface area (Å²) < 4.78 is 5.43. The molecule has 1 heterocycles. The Morgan fingerprint density at radius 2 is 1.72 bits per heavy atom. The minimum Gasteiger partial charge on any atom is -0.451 e. The molecule has 1 aromatic heterocycles. The van der Waals surface area contributed by atoms with Crippen molar-refractivity contribution in [1.29, 1.82) is 0 Å². The lowest BCUT2D eigenvalue weighted by molar-refractivity contribution is 0.0936. The average molecular weight is 243 g/mol. The van der Waals surface area contributed by atoms with E-state index in [-0.39, 0.29) is 17.5 Å². The fourth-order valence-corrected chi connectivity index (χ4v) is 1.61. The molecule has 0 spiro atoms. The molecule has 0 aliphatic heterocycles. The summed E-state index contributed by atoms with van der Waals surface area (Å²) in [6.45, 7) is 1.52. The lowest BCUT2D eigenvalue weighted by Crippen LogP contribution is -2.16. The summed E-state index contributed by atoms with van der Waals surface area (Å²) in [5.41, 5.74) is 1.48. The molecular weight excluding hydrogens is 230 g/mol. The van der Waals surface area contributed by atoms with Crippen molar-refractivity contribution in [1.82, 2.24) is 5.32 Å². The number of furan rings is 1. The van der Waals surface area contributed by atoms with Crippen LogP contribution in [0.5, 0.6) is 0 Å². The van der Waals surface area contributed by atoms with E-state index in [2.05, 4.69) is 5.32 Å². The van der Waals surface area contributed by atoms with E-state index in [4.69, 9.17) is 4.42 Å². The zero-order chi connectivity index (χ0) is 13.1. The normalized spacial score (nSPS) is 10.1. The largest absolute Gasteiger partial charge is 0.451 e. The predicted octanol–water partition coefficient (Wildman–Crippen LogP) is 2.51. The molecule has 0 aliphatic carbocycles. The van der Waals surface area contributed by atoms with Gasteiger partial charge in [-0.15, -0.1) is 0 Å². The quantitative estimate of drug-likeness (QED) is 0.842. The van der Waals surface area contributed by atoms with E-state index in [9.17, 15) is 9.59 Å². The summed E-state index contributed by atoms with van der Waals surface area (Å²) in [4.78, 5) is 22.5. The van der Waals surface area contributed by atoms with Gasteiger partial charge in [0.1, 0.15) is 5.76 Å². The zero-order valence-corrected chi connectivity index (χ0v) is 10.2. The van der Waals surface area contributed by atoms with Crippen LogP contribution in [0.2, 0.25) is 0 Å². The van der Waals surface area contributed by atoms with E-state index in [0.29, 0.717) is 11.3 Å². The summed E-state index contributed by atoms with van der Waals surface area (Å²) in [6.07, 6.45) is 0. The highest BCUT2D eigenvalue weighted by atomic mass is 16.3. The topological polar surface area (TPSA) is 59.3 Å². The van der Waals surface area contributed by atoms with E-state index < -0.39 is 0 Å². The van der Waals surface area contributed by atoms with Gasteiger partial charge in [-0.1, -0.05) is 24.3 Å². The summed E-state index contributed by atoms with van der Waals surface area (Å²) in [6, 6.07) is 10.4. The molecule has 2 rings (SSSR count). The lowest BCUT2D eigenvalue weighted by Gasteiger charge is -1.99. The summed E-state index contributed by atoms with van der Waals surface area (Å²) in [5.74, 6) is 0.625. The average Bonchev–Trinajstić information content (AvgIpc) is 2.87. The third-order valence-corrected chi connectivity index (χ3v) is 2.63. The highest BCUT2D eigenvalue weighted by molar-refractivity contribution is 5.94. The molecule has 0 saturated heterocycles. The Labute approximate surface area is 105 Å². The van der Waals surface area contributed by atoms with E-state index in [1.807, 2.05) is 0 Å². The minimum atomic E-state index is -0.262. The third-order valence-electron chi connectivity index (χ3n) is 2.63. The van der Waals surface area contributed by atoms with Crippen molar-refractivity contribution in [3.05, 3.63) is 47.7 Å². The second kappa shape index (κ2) is 4.87. The van der Waals surface area contributed by atoms with Crippen molar-refractivity contribution < 1.29 is 14.0 Å². The molecule has 1 amide bonds. The predicted molar refractivity (Wildman–Crippen MR) is 67.5 cm³/mol. The van der Waals surface area contributed by atoms with Gasteiger partial charge < -0.3 is 9.73 Å². The molecule has 0 aliphatic rings. The van der Waals surface area contributed by atoms with Crippen LogP contribution in [-0.4, -0.2) is 18.7 Å². The van der Waals surface area contributed by atoms with Gasteiger partial charge >= 0.3 is 0 Å². The molecule has 0 fully saturated rings. The molecular formula is C14H13NO3. The SMILES string of the molecule is CNC(=O)c1ccc(-c2ccc(C(C)=O)cc2)o1. The first-order chi connectivity index (χ1) is 8.61. The van der Waals surface area contributed by atoms with Gasteiger partial charge in [0, 0.05) is 18.2 Å². The van der Waals surface area contributed by atoms with Crippen molar-refractivity contribution in [3.8, 4) is 11.3 Å². The van der Waals surface area contributed by atoms with Crippen LogP contribution in [-0.2, 0) is 0 Å². The van der Waals surface area contributed by atoms with Gasteiger partial charge in [-0.2, -0.15) is 0 Å². The molecule has 0 saturated carbocycles. The van der Waals surface area contributed by atoms with Gasteiger partial charge in [-0.05, 0) is 19.1 Å². The fourth-order valence-electron chi connectivity index (χ4n) is 1.61. The second-order valence-corrected chi connectivity index (χ2v) is 3.88. The summed E-state index contributed by atoms with van der Waals surface area (Å²) in [7, 11) is 1.55. The zero-order valence-electron chi connectivity index (χ0n) is 10.2. The van der Waals surface area contributed by atoms with Crippen LogP contribution in [0.4, 0.5) is 0 Å². The van der Waals surface area contributed by atoms with Crippen molar-refractivity contribution in [2.45, 2.75) is 6.92 Å². The van der Waals surface area contributed by atoms with Gasteiger partial charge in [-0.3, -0.25) is 9.59 Å². The summed E-state index contributed by atoms with van der Waals surface area (Å²) >= 11 is 0. The smallest absolute Gasteiger partial charge is 0.286 e. The Bertz CT molecular complexity index is 581. The van der Waals surface area contributed by atoms with Crippen LogP contribution in [0.1, 0.15) is 27.8 Å². The van der Waals surface area contributed by atoms with Crippen LogP contribution in [0.25, 0.3) is 11.3 Å². The maximum absolute atomic E-state index is 11.4. The maximum atomic E-state index is 11.4. The highest BCUT2D eigenvalue weighted by Gasteiger charge is 2.10. The fraction of sp³-hybridized carbons (Fsp3) is 0.143. The Morgan fingerprint density at radius 1 is 1.06 bits per heavy atom. The molecule has 0 atom stereocenters. The molecule has 1 N–H and O–H groups in total. The van der Waals surface area contributed by atoms with Crippen molar-refractivity contribution in [3.63, 3.8) is 0 Å². The lowest BCUT2D eigenvalue weighted by atomic mass is 10.1. The number of Topliss-reactive ketones (excluding diaryl/α,β-unsaturated/α-hetero) is 1. The van der Waals surface area contributed by atoms with E-state index >= 15 is 0 Å². The van der Waals surface area contributed by atoms with E-state index in [1.54, 1.807) is 43.4 Å². The molecule has 1 aromatic carbocycles. The van der Waals surface area contributed by atoms with Gasteiger partial charge in [-0.25, -0.2) is 0 Å². The molecule has 18 heavy (non-hydrogen) atoms. The van der Waals surface area contributed by atoms with Gasteiger partial charge in [0.2, 0.25) is 0 Å². The monoisotopic (exact) mass is 243 g/mol. The van der Waals surface area contributed by atoms with Crippen LogP contribution < -0.4 is 5.32 Å². The molecule has 0 radical (unpaired) electrons. The number of rotatable bonds is 3. The highest BCUT2D eigenvalue weighted by Crippen LogP contribution is 2.22. The van der Waals surface area contributed by atoms with Crippen LogP contribution >= 0.6 is 0 Å².